The van der Waals surface area contributed by atoms with Crippen LogP contribution < -0.4 is 10.9 Å². The van der Waals surface area contributed by atoms with Crippen LogP contribution in [0.25, 0.3) is 0 Å². The molecule has 0 saturated heterocycles. The molecule has 1 N–H and O–H groups in total. The molecule has 0 saturated carbocycles. The predicted octanol–water partition coefficient (Wildman–Crippen LogP) is 1.97. The number of anilines is 1. The minimum absolute atomic E-state index is 0.0852. The molecule has 0 unspecified atom stereocenters. The van der Waals surface area contributed by atoms with Crippen LogP contribution in [-0.4, -0.2) is 14.5 Å². The monoisotopic (exact) mass is 258 g/mol. The van der Waals surface area contributed by atoms with Crippen LogP contribution in [0.3, 0.4) is 0 Å². The van der Waals surface area contributed by atoms with Crippen LogP contribution in [-0.2, 0) is 13.1 Å². The summed E-state index contributed by atoms with van der Waals surface area (Å²) in [5, 5.41) is 3.06. The van der Waals surface area contributed by atoms with Crippen molar-refractivity contribution in [3.8, 4) is 0 Å². The summed E-state index contributed by atoms with van der Waals surface area (Å²) < 4.78 is 1.67. The molecule has 19 heavy (non-hydrogen) atoms. The Labute approximate surface area is 112 Å². The second-order valence-electron chi connectivity index (χ2n) is 4.39. The first-order chi connectivity index (χ1) is 9.22. The number of aromatic nitrogens is 3. The van der Waals surface area contributed by atoms with Crippen LogP contribution in [0, 0.1) is 6.92 Å². The highest BCUT2D eigenvalue weighted by molar-refractivity contribution is 5.32. The van der Waals surface area contributed by atoms with Gasteiger partial charge in [-0.1, -0.05) is 13.0 Å². The Kier molecular flexibility index (Phi) is 4.28. The average molecular weight is 258 g/mol. The van der Waals surface area contributed by atoms with Crippen molar-refractivity contribution in [1.82, 2.24) is 14.5 Å². The molecular weight excluding hydrogens is 240 g/mol. The molecule has 0 bridgehead atoms. The number of hydrogen-bond acceptors (Lipinski definition) is 4. The SMILES string of the molecule is CCCn1ccnc(NCc2ncccc2C)c1=O. The fourth-order valence-corrected chi connectivity index (χ4v) is 1.86. The summed E-state index contributed by atoms with van der Waals surface area (Å²) >= 11 is 0. The van der Waals surface area contributed by atoms with Gasteiger partial charge in [-0.2, -0.15) is 0 Å². The number of pyridine rings is 1. The van der Waals surface area contributed by atoms with E-state index in [0.29, 0.717) is 18.9 Å². The number of nitrogens with zero attached hydrogens (tertiary/aromatic N) is 3. The number of hydrogen-bond donors (Lipinski definition) is 1. The Morgan fingerprint density at radius 3 is 2.89 bits per heavy atom. The number of nitrogens with one attached hydrogen (secondary N) is 1. The van der Waals surface area contributed by atoms with Crippen LogP contribution in [0.5, 0.6) is 0 Å². The zero-order valence-corrected chi connectivity index (χ0v) is 11.3. The smallest absolute Gasteiger partial charge is 0.293 e. The van der Waals surface area contributed by atoms with Crippen LogP contribution in [0.4, 0.5) is 5.82 Å². The Hall–Kier alpha value is -2.17. The maximum Gasteiger partial charge on any atom is 0.293 e. The molecule has 0 atom stereocenters. The average Bonchev–Trinajstić information content (AvgIpc) is 2.42. The molecule has 0 aliphatic carbocycles. The van der Waals surface area contributed by atoms with Crippen molar-refractivity contribution in [2.45, 2.75) is 33.4 Å². The first-order valence-electron chi connectivity index (χ1n) is 6.42. The molecule has 0 aliphatic rings. The highest BCUT2D eigenvalue weighted by Crippen LogP contribution is 2.05. The highest BCUT2D eigenvalue weighted by atomic mass is 16.1. The van der Waals surface area contributed by atoms with E-state index in [0.717, 1.165) is 17.7 Å². The summed E-state index contributed by atoms with van der Waals surface area (Å²) in [6.07, 6.45) is 6.02. The molecule has 2 heterocycles. The summed E-state index contributed by atoms with van der Waals surface area (Å²) in [5.41, 5.74) is 1.94. The van der Waals surface area contributed by atoms with E-state index < -0.39 is 0 Å². The lowest BCUT2D eigenvalue weighted by Gasteiger charge is -2.09. The van der Waals surface area contributed by atoms with Gasteiger partial charge in [-0.25, -0.2) is 4.98 Å². The van der Waals surface area contributed by atoms with Crippen LogP contribution in [0.1, 0.15) is 24.6 Å². The molecule has 0 fully saturated rings. The zero-order valence-electron chi connectivity index (χ0n) is 11.3. The van der Waals surface area contributed by atoms with Crippen molar-refractivity contribution >= 4 is 5.82 Å². The number of aryl methyl sites for hydroxylation is 2. The molecule has 0 radical (unpaired) electrons. The van der Waals surface area contributed by atoms with Gasteiger partial charge in [0, 0.05) is 25.1 Å². The third-order valence-corrected chi connectivity index (χ3v) is 2.92. The van der Waals surface area contributed by atoms with Gasteiger partial charge in [-0.3, -0.25) is 9.78 Å². The van der Waals surface area contributed by atoms with Gasteiger partial charge >= 0.3 is 0 Å². The van der Waals surface area contributed by atoms with Crippen LogP contribution >= 0.6 is 0 Å². The van der Waals surface area contributed by atoms with E-state index in [4.69, 9.17) is 0 Å². The van der Waals surface area contributed by atoms with Crippen molar-refractivity contribution in [2.75, 3.05) is 5.32 Å². The third-order valence-electron chi connectivity index (χ3n) is 2.92. The molecule has 0 aliphatic heterocycles. The maximum absolute atomic E-state index is 12.1. The first kappa shape index (κ1) is 13.3. The quantitative estimate of drug-likeness (QED) is 0.890. The molecule has 0 amide bonds. The highest BCUT2D eigenvalue weighted by Gasteiger charge is 2.05. The van der Waals surface area contributed by atoms with E-state index >= 15 is 0 Å². The van der Waals surface area contributed by atoms with E-state index in [9.17, 15) is 4.79 Å². The normalized spacial score (nSPS) is 10.4. The molecular formula is C14H18N4O. The molecule has 2 aromatic heterocycles. The van der Waals surface area contributed by atoms with Crippen molar-refractivity contribution in [3.63, 3.8) is 0 Å². The Balaban J connectivity index is 2.14. The first-order valence-corrected chi connectivity index (χ1v) is 6.42. The third kappa shape index (κ3) is 3.19. The number of rotatable bonds is 5. The summed E-state index contributed by atoms with van der Waals surface area (Å²) in [5.74, 6) is 0.376. The lowest BCUT2D eigenvalue weighted by atomic mass is 10.2. The topological polar surface area (TPSA) is 59.8 Å². The van der Waals surface area contributed by atoms with Gasteiger partial charge < -0.3 is 9.88 Å². The van der Waals surface area contributed by atoms with E-state index in [1.165, 1.54) is 0 Å². The van der Waals surface area contributed by atoms with Gasteiger partial charge in [0.1, 0.15) is 0 Å². The summed E-state index contributed by atoms with van der Waals surface area (Å²) in [6.45, 7) is 5.25. The molecule has 5 heteroatoms. The van der Waals surface area contributed by atoms with Gasteiger partial charge in [-0.05, 0) is 25.0 Å². The second kappa shape index (κ2) is 6.13. The molecule has 0 aromatic carbocycles. The fourth-order valence-electron chi connectivity index (χ4n) is 1.86. The molecule has 100 valence electrons. The largest absolute Gasteiger partial charge is 0.360 e. The Morgan fingerprint density at radius 1 is 1.32 bits per heavy atom. The maximum atomic E-state index is 12.1. The van der Waals surface area contributed by atoms with Crippen molar-refractivity contribution in [1.29, 1.82) is 0 Å². The molecule has 2 aromatic rings. The summed E-state index contributed by atoms with van der Waals surface area (Å²) in [7, 11) is 0. The summed E-state index contributed by atoms with van der Waals surface area (Å²) in [6, 6.07) is 3.89. The van der Waals surface area contributed by atoms with Gasteiger partial charge in [0.15, 0.2) is 5.82 Å². The summed E-state index contributed by atoms with van der Waals surface area (Å²) in [4.78, 5) is 20.5. The van der Waals surface area contributed by atoms with E-state index in [1.54, 1.807) is 23.2 Å². The van der Waals surface area contributed by atoms with Crippen molar-refractivity contribution < 1.29 is 0 Å². The van der Waals surface area contributed by atoms with E-state index in [-0.39, 0.29) is 5.56 Å². The van der Waals surface area contributed by atoms with Crippen LogP contribution in [0.15, 0.2) is 35.5 Å². The van der Waals surface area contributed by atoms with Gasteiger partial charge in [0.05, 0.1) is 12.2 Å². The second-order valence-corrected chi connectivity index (χ2v) is 4.39. The van der Waals surface area contributed by atoms with E-state index in [1.807, 2.05) is 26.0 Å². The Morgan fingerprint density at radius 2 is 2.16 bits per heavy atom. The standard InChI is InChI=1S/C14H18N4O/c1-3-8-18-9-7-16-13(14(18)19)17-10-12-11(2)5-4-6-15-12/h4-7,9H,3,8,10H2,1-2H3,(H,16,17). The fraction of sp³-hybridized carbons (Fsp3) is 0.357. The predicted molar refractivity (Wildman–Crippen MR) is 75.1 cm³/mol. The van der Waals surface area contributed by atoms with Crippen LogP contribution in [0.2, 0.25) is 0 Å². The van der Waals surface area contributed by atoms with E-state index in [2.05, 4.69) is 15.3 Å². The zero-order chi connectivity index (χ0) is 13.7. The van der Waals surface area contributed by atoms with Gasteiger partial charge in [0.2, 0.25) is 0 Å². The minimum atomic E-state index is -0.0852. The van der Waals surface area contributed by atoms with Gasteiger partial charge in [0.25, 0.3) is 5.56 Å². The molecule has 0 spiro atoms. The minimum Gasteiger partial charge on any atom is -0.360 e. The van der Waals surface area contributed by atoms with Gasteiger partial charge in [-0.15, -0.1) is 0 Å². The Bertz CT molecular complexity index is 606. The van der Waals surface area contributed by atoms with Crippen molar-refractivity contribution in [2.24, 2.45) is 0 Å². The van der Waals surface area contributed by atoms with Crippen molar-refractivity contribution in [3.05, 3.63) is 52.3 Å². The molecule has 2 rings (SSSR count). The molecule has 5 nitrogen and oxygen atoms in total. The lowest BCUT2D eigenvalue weighted by Crippen LogP contribution is -2.24. The lowest BCUT2D eigenvalue weighted by molar-refractivity contribution is 0.649.